The lowest BCUT2D eigenvalue weighted by Crippen LogP contribution is -2.46. The smallest absolute Gasteiger partial charge is 0.240 e. The number of hydrogen-bond donors (Lipinski definition) is 2. The largest absolute Gasteiger partial charge is 0.368 e. The number of amides is 1. The topological polar surface area (TPSA) is 76.4 Å². The van der Waals surface area contributed by atoms with E-state index in [4.69, 9.17) is 9.26 Å². The molecular weight excluding hydrogens is 258 g/mol. The van der Waals surface area contributed by atoms with E-state index in [1.807, 2.05) is 13.8 Å². The summed E-state index contributed by atoms with van der Waals surface area (Å²) in [7, 11) is 0. The zero-order valence-electron chi connectivity index (χ0n) is 12.7. The molecule has 0 saturated carbocycles. The van der Waals surface area contributed by atoms with Crippen molar-refractivity contribution in [3.8, 4) is 0 Å². The van der Waals surface area contributed by atoms with Crippen molar-refractivity contribution in [3.05, 3.63) is 11.8 Å². The molecular formula is C14H23N3O3. The molecule has 2 N–H and O–H groups in total. The Bertz CT molecular complexity index is 494. The second-order valence-electron chi connectivity index (χ2n) is 6.48. The molecule has 1 aliphatic rings. The minimum Gasteiger partial charge on any atom is -0.368 e. The Labute approximate surface area is 119 Å². The molecule has 0 aromatic carbocycles. The highest BCUT2D eigenvalue weighted by molar-refractivity contribution is 5.90. The Morgan fingerprint density at radius 3 is 2.65 bits per heavy atom. The summed E-state index contributed by atoms with van der Waals surface area (Å²) in [6.07, 6.45) is 0.870. The molecule has 20 heavy (non-hydrogen) atoms. The van der Waals surface area contributed by atoms with E-state index in [2.05, 4.69) is 29.6 Å². The maximum Gasteiger partial charge on any atom is 0.240 e. The van der Waals surface area contributed by atoms with E-state index in [-0.39, 0.29) is 29.7 Å². The predicted octanol–water partition coefficient (Wildman–Crippen LogP) is 1.86. The van der Waals surface area contributed by atoms with Gasteiger partial charge in [-0.1, -0.05) is 5.16 Å². The van der Waals surface area contributed by atoms with E-state index in [9.17, 15) is 4.79 Å². The highest BCUT2D eigenvalue weighted by Gasteiger charge is 2.45. The number of nitrogens with one attached hydrogen (secondary N) is 2. The fourth-order valence-corrected chi connectivity index (χ4v) is 2.70. The van der Waals surface area contributed by atoms with Crippen LogP contribution < -0.4 is 10.6 Å². The maximum absolute atomic E-state index is 11.8. The SMILES string of the molecule is Cc1cc(NC(=O)CN[C@@H]2CC(C)(C)OC2(C)C)on1. The second-order valence-corrected chi connectivity index (χ2v) is 6.48. The average molecular weight is 281 g/mol. The van der Waals surface area contributed by atoms with Gasteiger partial charge in [0, 0.05) is 12.1 Å². The van der Waals surface area contributed by atoms with Crippen LogP contribution in [0.5, 0.6) is 0 Å². The number of nitrogens with zero attached hydrogens (tertiary/aromatic N) is 1. The third-order valence-corrected chi connectivity index (χ3v) is 3.47. The molecule has 6 heteroatoms. The zero-order chi connectivity index (χ0) is 15.0. The van der Waals surface area contributed by atoms with Crippen molar-refractivity contribution in [2.75, 3.05) is 11.9 Å². The molecule has 2 heterocycles. The fourth-order valence-electron chi connectivity index (χ4n) is 2.70. The molecule has 1 aromatic rings. The summed E-state index contributed by atoms with van der Waals surface area (Å²) >= 11 is 0. The van der Waals surface area contributed by atoms with E-state index >= 15 is 0 Å². The molecule has 6 nitrogen and oxygen atoms in total. The highest BCUT2D eigenvalue weighted by atomic mass is 16.5. The molecule has 0 unspecified atom stereocenters. The molecule has 1 atom stereocenters. The van der Waals surface area contributed by atoms with Crippen molar-refractivity contribution in [2.45, 2.75) is 58.3 Å². The summed E-state index contributed by atoms with van der Waals surface area (Å²) < 4.78 is 10.9. The minimum absolute atomic E-state index is 0.139. The summed E-state index contributed by atoms with van der Waals surface area (Å²) in [6.45, 7) is 10.2. The van der Waals surface area contributed by atoms with Crippen molar-refractivity contribution in [2.24, 2.45) is 0 Å². The summed E-state index contributed by atoms with van der Waals surface area (Å²) in [5.41, 5.74) is 0.284. The van der Waals surface area contributed by atoms with Gasteiger partial charge in [0.25, 0.3) is 0 Å². The van der Waals surface area contributed by atoms with E-state index in [0.717, 1.165) is 12.1 Å². The highest BCUT2D eigenvalue weighted by Crippen LogP contribution is 2.37. The van der Waals surface area contributed by atoms with E-state index in [1.54, 1.807) is 13.0 Å². The first-order valence-corrected chi connectivity index (χ1v) is 6.85. The molecule has 0 spiro atoms. The van der Waals surface area contributed by atoms with Gasteiger partial charge in [-0.15, -0.1) is 0 Å². The molecule has 2 rings (SSSR count). The Morgan fingerprint density at radius 1 is 1.45 bits per heavy atom. The Kier molecular flexibility index (Phi) is 3.88. The van der Waals surface area contributed by atoms with Crippen LogP contribution in [0.1, 0.15) is 39.8 Å². The number of aryl methyl sites for hydroxylation is 1. The minimum atomic E-state index is -0.285. The number of ether oxygens (including phenoxy) is 1. The molecule has 1 fully saturated rings. The average Bonchev–Trinajstić information content (AvgIpc) is 2.76. The summed E-state index contributed by atoms with van der Waals surface area (Å²) in [5.74, 6) is 0.221. The van der Waals surface area contributed by atoms with Crippen molar-refractivity contribution in [3.63, 3.8) is 0 Å². The number of rotatable bonds is 4. The number of hydrogen-bond acceptors (Lipinski definition) is 5. The first-order valence-electron chi connectivity index (χ1n) is 6.85. The molecule has 1 aliphatic heterocycles. The Hall–Kier alpha value is -1.40. The molecule has 0 aliphatic carbocycles. The monoisotopic (exact) mass is 281 g/mol. The number of carbonyl (C=O) groups is 1. The lowest BCUT2D eigenvalue weighted by Gasteiger charge is -2.27. The van der Waals surface area contributed by atoms with Gasteiger partial charge in [-0.2, -0.15) is 0 Å². The fraction of sp³-hybridized carbons (Fsp3) is 0.714. The normalized spacial score (nSPS) is 23.8. The van der Waals surface area contributed by atoms with Crippen LogP contribution in [0.2, 0.25) is 0 Å². The molecule has 112 valence electrons. The van der Waals surface area contributed by atoms with Gasteiger partial charge in [0.05, 0.1) is 23.4 Å². The summed E-state index contributed by atoms with van der Waals surface area (Å²) in [4.78, 5) is 11.8. The van der Waals surface area contributed by atoms with Gasteiger partial charge in [-0.05, 0) is 41.0 Å². The van der Waals surface area contributed by atoms with Crippen molar-refractivity contribution < 1.29 is 14.1 Å². The second kappa shape index (κ2) is 5.18. The van der Waals surface area contributed by atoms with Crippen LogP contribution >= 0.6 is 0 Å². The van der Waals surface area contributed by atoms with Crippen molar-refractivity contribution in [1.29, 1.82) is 0 Å². The third kappa shape index (κ3) is 3.58. The zero-order valence-corrected chi connectivity index (χ0v) is 12.7. The third-order valence-electron chi connectivity index (χ3n) is 3.47. The van der Waals surface area contributed by atoms with Crippen LogP contribution in [0.25, 0.3) is 0 Å². The summed E-state index contributed by atoms with van der Waals surface area (Å²) in [6, 6.07) is 1.82. The first kappa shape index (κ1) is 15.0. The van der Waals surface area contributed by atoms with Crippen LogP contribution in [0.15, 0.2) is 10.6 Å². The van der Waals surface area contributed by atoms with E-state index < -0.39 is 0 Å². The lowest BCUT2D eigenvalue weighted by molar-refractivity contribution is -0.115. The van der Waals surface area contributed by atoms with Gasteiger partial charge >= 0.3 is 0 Å². The van der Waals surface area contributed by atoms with Crippen molar-refractivity contribution in [1.82, 2.24) is 10.5 Å². The molecule has 0 bridgehead atoms. The van der Waals surface area contributed by atoms with Gasteiger partial charge in [0.2, 0.25) is 11.8 Å². The van der Waals surface area contributed by atoms with Crippen LogP contribution in [0.3, 0.4) is 0 Å². The van der Waals surface area contributed by atoms with Crippen LogP contribution in [0.4, 0.5) is 5.88 Å². The van der Waals surface area contributed by atoms with Gasteiger partial charge in [-0.25, -0.2) is 0 Å². The Balaban J connectivity index is 1.84. The summed E-state index contributed by atoms with van der Waals surface area (Å²) in [5, 5.41) is 9.64. The van der Waals surface area contributed by atoms with Crippen LogP contribution in [-0.2, 0) is 9.53 Å². The van der Waals surface area contributed by atoms with Crippen LogP contribution in [-0.4, -0.2) is 34.9 Å². The van der Waals surface area contributed by atoms with E-state index in [0.29, 0.717) is 5.88 Å². The van der Waals surface area contributed by atoms with Gasteiger partial charge in [0.15, 0.2) is 0 Å². The first-order chi connectivity index (χ1) is 9.18. The van der Waals surface area contributed by atoms with Gasteiger partial charge in [0.1, 0.15) is 0 Å². The predicted molar refractivity (Wildman–Crippen MR) is 75.5 cm³/mol. The molecule has 0 radical (unpaired) electrons. The number of aromatic nitrogens is 1. The Morgan fingerprint density at radius 2 is 2.15 bits per heavy atom. The standard InChI is InChI=1S/C14H23N3O3/c1-9-6-12(19-17-9)16-11(18)8-15-10-7-13(2,3)20-14(10,4)5/h6,10,15H,7-8H2,1-5H3,(H,16,18)/t10-/m1/s1. The van der Waals surface area contributed by atoms with Crippen molar-refractivity contribution >= 4 is 11.8 Å². The van der Waals surface area contributed by atoms with E-state index in [1.165, 1.54) is 0 Å². The number of carbonyl (C=O) groups excluding carboxylic acids is 1. The molecule has 1 aromatic heterocycles. The van der Waals surface area contributed by atoms with Gasteiger partial charge in [-0.3, -0.25) is 10.1 Å². The maximum atomic E-state index is 11.8. The number of anilines is 1. The van der Waals surface area contributed by atoms with Gasteiger partial charge < -0.3 is 14.6 Å². The lowest BCUT2D eigenvalue weighted by atomic mass is 9.94. The quantitative estimate of drug-likeness (QED) is 0.881. The molecule has 1 amide bonds. The van der Waals surface area contributed by atoms with Crippen LogP contribution in [0, 0.1) is 6.92 Å². The molecule has 1 saturated heterocycles.